The smallest absolute Gasteiger partial charge is 0.165 e. The lowest BCUT2D eigenvalue weighted by atomic mass is 10.1. The molecule has 0 fully saturated rings. The first-order valence-corrected chi connectivity index (χ1v) is 7.38. The van der Waals surface area contributed by atoms with E-state index in [1.165, 1.54) is 0 Å². The van der Waals surface area contributed by atoms with Crippen molar-refractivity contribution >= 4 is 21.7 Å². The SMILES string of the molecule is CC(C)OCCN(C)CCC(=O)c1ccccc1Br. The number of rotatable bonds is 8. The summed E-state index contributed by atoms with van der Waals surface area (Å²) in [4.78, 5) is 14.2. The Balaban J connectivity index is 2.32. The lowest BCUT2D eigenvalue weighted by Gasteiger charge is -2.17. The van der Waals surface area contributed by atoms with Crippen molar-refractivity contribution in [3.8, 4) is 0 Å². The maximum Gasteiger partial charge on any atom is 0.165 e. The normalized spacial score (nSPS) is 11.3. The van der Waals surface area contributed by atoms with Gasteiger partial charge in [0.25, 0.3) is 0 Å². The van der Waals surface area contributed by atoms with Gasteiger partial charge in [0.15, 0.2) is 5.78 Å². The standard InChI is InChI=1S/C15H22BrNO2/c1-12(2)19-11-10-17(3)9-8-15(18)13-6-4-5-7-14(13)16/h4-7,12H,8-11H2,1-3H3. The number of benzene rings is 1. The van der Waals surface area contributed by atoms with Crippen LogP contribution in [0.2, 0.25) is 0 Å². The van der Waals surface area contributed by atoms with Gasteiger partial charge in [-0.2, -0.15) is 0 Å². The van der Waals surface area contributed by atoms with Crippen LogP contribution in [0.5, 0.6) is 0 Å². The maximum absolute atomic E-state index is 12.1. The highest BCUT2D eigenvalue weighted by molar-refractivity contribution is 9.10. The second-order valence-corrected chi connectivity index (χ2v) is 5.73. The van der Waals surface area contributed by atoms with Gasteiger partial charge in [0.2, 0.25) is 0 Å². The molecule has 0 unspecified atom stereocenters. The molecule has 1 rings (SSSR count). The van der Waals surface area contributed by atoms with Crippen molar-refractivity contribution in [2.24, 2.45) is 0 Å². The third kappa shape index (κ3) is 6.32. The van der Waals surface area contributed by atoms with Crippen LogP contribution in [0.15, 0.2) is 28.7 Å². The fourth-order valence-electron chi connectivity index (χ4n) is 1.67. The molecule has 0 saturated heterocycles. The number of halogens is 1. The minimum absolute atomic E-state index is 0.170. The number of ketones is 1. The maximum atomic E-state index is 12.1. The molecule has 0 atom stereocenters. The Bertz CT molecular complexity index is 407. The Morgan fingerprint density at radius 1 is 1.32 bits per heavy atom. The van der Waals surface area contributed by atoms with Crippen molar-refractivity contribution in [3.05, 3.63) is 34.3 Å². The summed E-state index contributed by atoms with van der Waals surface area (Å²) in [7, 11) is 2.01. The molecule has 0 heterocycles. The lowest BCUT2D eigenvalue weighted by Crippen LogP contribution is -2.26. The van der Waals surface area contributed by atoms with E-state index in [0.717, 1.165) is 23.1 Å². The first kappa shape index (κ1) is 16.3. The number of hydrogen-bond donors (Lipinski definition) is 0. The van der Waals surface area contributed by atoms with Gasteiger partial charge < -0.3 is 9.64 Å². The number of carbonyl (C=O) groups is 1. The number of Topliss-reactive ketones (excluding diaryl/α,β-unsaturated/α-hetero) is 1. The minimum Gasteiger partial charge on any atom is -0.377 e. The second kappa shape index (κ2) is 8.46. The molecule has 4 heteroatoms. The zero-order chi connectivity index (χ0) is 14.3. The van der Waals surface area contributed by atoms with Crippen LogP contribution >= 0.6 is 15.9 Å². The predicted octanol–water partition coefficient (Wildman–Crippen LogP) is 3.38. The highest BCUT2D eigenvalue weighted by atomic mass is 79.9. The summed E-state index contributed by atoms with van der Waals surface area (Å²) >= 11 is 3.41. The van der Waals surface area contributed by atoms with Gasteiger partial charge in [-0.25, -0.2) is 0 Å². The molecule has 0 saturated carbocycles. The van der Waals surface area contributed by atoms with Crippen LogP contribution in [0.25, 0.3) is 0 Å². The molecule has 0 amide bonds. The summed E-state index contributed by atoms with van der Waals surface area (Å²) < 4.78 is 6.36. The van der Waals surface area contributed by atoms with Crippen LogP contribution in [0.4, 0.5) is 0 Å². The number of nitrogens with zero attached hydrogens (tertiary/aromatic N) is 1. The second-order valence-electron chi connectivity index (χ2n) is 4.88. The van der Waals surface area contributed by atoms with E-state index in [1.54, 1.807) is 0 Å². The number of carbonyl (C=O) groups excluding carboxylic acids is 1. The van der Waals surface area contributed by atoms with Crippen molar-refractivity contribution in [1.29, 1.82) is 0 Å². The van der Waals surface area contributed by atoms with E-state index in [4.69, 9.17) is 4.74 Å². The summed E-state index contributed by atoms with van der Waals surface area (Å²) in [5.74, 6) is 0.170. The minimum atomic E-state index is 0.170. The number of ether oxygens (including phenoxy) is 1. The molecule has 106 valence electrons. The van der Waals surface area contributed by atoms with Gasteiger partial charge in [0.1, 0.15) is 0 Å². The van der Waals surface area contributed by atoms with Crippen molar-refractivity contribution in [3.63, 3.8) is 0 Å². The van der Waals surface area contributed by atoms with Crippen molar-refractivity contribution in [2.45, 2.75) is 26.4 Å². The van der Waals surface area contributed by atoms with Gasteiger partial charge in [-0.1, -0.05) is 34.1 Å². The van der Waals surface area contributed by atoms with Gasteiger partial charge >= 0.3 is 0 Å². The van der Waals surface area contributed by atoms with E-state index >= 15 is 0 Å². The predicted molar refractivity (Wildman–Crippen MR) is 81.7 cm³/mol. The molecule has 1 aromatic carbocycles. The summed E-state index contributed by atoms with van der Waals surface area (Å²) in [6.07, 6.45) is 0.788. The highest BCUT2D eigenvalue weighted by Crippen LogP contribution is 2.17. The van der Waals surface area contributed by atoms with Gasteiger partial charge in [-0.05, 0) is 27.0 Å². The average Bonchev–Trinajstić information content (AvgIpc) is 2.36. The molecule has 3 nitrogen and oxygen atoms in total. The van der Waals surface area contributed by atoms with Crippen molar-refractivity contribution in [1.82, 2.24) is 4.90 Å². The van der Waals surface area contributed by atoms with E-state index in [0.29, 0.717) is 13.0 Å². The number of likely N-dealkylation sites (N-methyl/N-ethyl adjacent to an activating group) is 1. The van der Waals surface area contributed by atoms with Crippen molar-refractivity contribution < 1.29 is 9.53 Å². The first-order valence-electron chi connectivity index (χ1n) is 6.58. The molecule has 0 aliphatic rings. The quantitative estimate of drug-likeness (QED) is 0.685. The Hall–Kier alpha value is -0.710. The summed E-state index contributed by atoms with van der Waals surface area (Å²) in [6, 6.07) is 7.55. The third-order valence-corrected chi connectivity index (χ3v) is 3.51. The summed E-state index contributed by atoms with van der Waals surface area (Å²) in [5.41, 5.74) is 0.759. The molecule has 0 aliphatic carbocycles. The van der Waals surface area contributed by atoms with Gasteiger partial charge in [0.05, 0.1) is 12.7 Å². The average molecular weight is 328 g/mol. The summed E-state index contributed by atoms with van der Waals surface area (Å²) in [5, 5.41) is 0. The first-order chi connectivity index (χ1) is 9.00. The topological polar surface area (TPSA) is 29.5 Å². The fourth-order valence-corrected chi connectivity index (χ4v) is 2.18. The monoisotopic (exact) mass is 327 g/mol. The van der Waals surface area contributed by atoms with Crippen LogP contribution in [0, 0.1) is 0 Å². The Kier molecular flexibility index (Phi) is 7.28. The van der Waals surface area contributed by atoms with Crippen LogP contribution < -0.4 is 0 Å². The van der Waals surface area contributed by atoms with E-state index < -0.39 is 0 Å². The Labute approximate surface area is 124 Å². The molecule has 0 radical (unpaired) electrons. The van der Waals surface area contributed by atoms with E-state index in [-0.39, 0.29) is 11.9 Å². The van der Waals surface area contributed by atoms with E-state index in [1.807, 2.05) is 45.2 Å². The van der Waals surface area contributed by atoms with Crippen LogP contribution in [-0.2, 0) is 4.74 Å². The van der Waals surface area contributed by atoms with Gasteiger partial charge in [-0.15, -0.1) is 0 Å². The van der Waals surface area contributed by atoms with E-state index in [9.17, 15) is 4.79 Å². The van der Waals surface area contributed by atoms with Crippen molar-refractivity contribution in [2.75, 3.05) is 26.7 Å². The zero-order valence-corrected chi connectivity index (χ0v) is 13.4. The van der Waals surface area contributed by atoms with Crippen LogP contribution in [-0.4, -0.2) is 43.5 Å². The van der Waals surface area contributed by atoms with Crippen LogP contribution in [0.1, 0.15) is 30.6 Å². The fraction of sp³-hybridized carbons (Fsp3) is 0.533. The van der Waals surface area contributed by atoms with Gasteiger partial charge in [0, 0.05) is 29.5 Å². The molecule has 1 aromatic rings. The molecular weight excluding hydrogens is 306 g/mol. The molecular formula is C15H22BrNO2. The van der Waals surface area contributed by atoms with Crippen LogP contribution in [0.3, 0.4) is 0 Å². The van der Waals surface area contributed by atoms with Gasteiger partial charge in [-0.3, -0.25) is 4.79 Å². The molecule has 0 bridgehead atoms. The lowest BCUT2D eigenvalue weighted by molar-refractivity contribution is 0.0629. The molecule has 0 aliphatic heterocycles. The molecule has 0 N–H and O–H groups in total. The zero-order valence-electron chi connectivity index (χ0n) is 11.9. The largest absolute Gasteiger partial charge is 0.377 e. The molecule has 0 spiro atoms. The number of hydrogen-bond acceptors (Lipinski definition) is 3. The molecule has 19 heavy (non-hydrogen) atoms. The highest BCUT2D eigenvalue weighted by Gasteiger charge is 2.10. The van der Waals surface area contributed by atoms with E-state index in [2.05, 4.69) is 20.8 Å². The molecule has 0 aromatic heterocycles. The summed E-state index contributed by atoms with van der Waals surface area (Å²) in [6.45, 7) is 6.35. The Morgan fingerprint density at radius 2 is 2.00 bits per heavy atom. The third-order valence-electron chi connectivity index (χ3n) is 2.82. The Morgan fingerprint density at radius 3 is 2.63 bits per heavy atom.